The Morgan fingerprint density at radius 1 is 1.00 bits per heavy atom. The first-order valence-electron chi connectivity index (χ1n) is 10.9. The molecule has 0 aliphatic heterocycles. The monoisotopic (exact) mass is 415 g/mol. The van der Waals surface area contributed by atoms with Gasteiger partial charge in [0.2, 0.25) is 5.91 Å². The van der Waals surface area contributed by atoms with E-state index in [1.54, 1.807) is 0 Å². The van der Waals surface area contributed by atoms with E-state index >= 15 is 0 Å². The van der Waals surface area contributed by atoms with Crippen molar-refractivity contribution in [2.45, 2.75) is 39.7 Å². The summed E-state index contributed by atoms with van der Waals surface area (Å²) in [5.74, 6) is 0.290. The number of hydrogen-bond donors (Lipinski definition) is 1. The number of carbonyl (C=O) groups is 1. The van der Waals surface area contributed by atoms with Crippen LogP contribution in [0.3, 0.4) is 0 Å². The molecule has 31 heavy (non-hydrogen) atoms. The Kier molecular flexibility index (Phi) is 7.59. The molecule has 1 unspecified atom stereocenters. The van der Waals surface area contributed by atoms with E-state index < -0.39 is 0 Å². The van der Waals surface area contributed by atoms with Crippen LogP contribution in [-0.4, -0.2) is 29.9 Å². The van der Waals surface area contributed by atoms with Crippen LogP contribution in [0, 0.1) is 12.8 Å². The van der Waals surface area contributed by atoms with Crippen molar-refractivity contribution in [3.8, 4) is 11.1 Å². The van der Waals surface area contributed by atoms with E-state index in [0.29, 0.717) is 5.92 Å². The molecule has 3 aromatic rings. The number of anilines is 1. The Balaban J connectivity index is 1.78. The molecular weight excluding hydrogens is 382 g/mol. The van der Waals surface area contributed by atoms with Gasteiger partial charge in [-0.2, -0.15) is 0 Å². The maximum Gasteiger partial charge on any atom is 0.231 e. The van der Waals surface area contributed by atoms with E-state index in [0.717, 1.165) is 41.0 Å². The average molecular weight is 416 g/mol. The molecule has 0 saturated heterocycles. The minimum atomic E-state index is -0.176. The molecule has 0 fully saturated rings. The minimum Gasteiger partial charge on any atom is -0.326 e. The number of carbonyl (C=O) groups excluding carboxylic acids is 1. The van der Waals surface area contributed by atoms with Crippen LogP contribution in [-0.2, 0) is 11.3 Å². The fourth-order valence-corrected chi connectivity index (χ4v) is 3.84. The topological polar surface area (TPSA) is 45.2 Å². The lowest BCUT2D eigenvalue weighted by molar-refractivity contribution is -0.117. The summed E-state index contributed by atoms with van der Waals surface area (Å²) in [6.07, 6.45) is 2.63. The smallest absolute Gasteiger partial charge is 0.231 e. The number of nitrogens with zero attached hydrogens (tertiary/aromatic N) is 2. The van der Waals surface area contributed by atoms with Gasteiger partial charge in [0.1, 0.15) is 0 Å². The van der Waals surface area contributed by atoms with Crippen molar-refractivity contribution in [1.29, 1.82) is 0 Å². The van der Waals surface area contributed by atoms with Gasteiger partial charge in [-0.15, -0.1) is 0 Å². The van der Waals surface area contributed by atoms with Crippen LogP contribution in [0.5, 0.6) is 0 Å². The summed E-state index contributed by atoms with van der Waals surface area (Å²) in [5, 5.41) is 3.13. The molecule has 1 amide bonds. The number of benzene rings is 2. The largest absolute Gasteiger partial charge is 0.326 e. The van der Waals surface area contributed by atoms with Gasteiger partial charge in [-0.3, -0.25) is 9.78 Å². The highest BCUT2D eigenvalue weighted by Gasteiger charge is 2.22. The molecule has 0 spiro atoms. The molecule has 3 rings (SSSR count). The molecule has 0 bridgehead atoms. The molecule has 0 aliphatic carbocycles. The molecule has 1 N–H and O–H groups in total. The van der Waals surface area contributed by atoms with Crippen molar-refractivity contribution in [2.75, 3.05) is 19.4 Å². The van der Waals surface area contributed by atoms with Gasteiger partial charge in [0.25, 0.3) is 0 Å². The summed E-state index contributed by atoms with van der Waals surface area (Å²) >= 11 is 0. The second-order valence-electron chi connectivity index (χ2n) is 8.92. The zero-order valence-corrected chi connectivity index (χ0v) is 19.2. The number of amides is 1. The fourth-order valence-electron chi connectivity index (χ4n) is 3.84. The Labute approximate surface area is 186 Å². The van der Waals surface area contributed by atoms with Crippen LogP contribution >= 0.6 is 0 Å². The maximum atomic E-state index is 13.3. The van der Waals surface area contributed by atoms with E-state index in [4.69, 9.17) is 0 Å². The summed E-state index contributed by atoms with van der Waals surface area (Å²) in [6.45, 7) is 7.17. The van der Waals surface area contributed by atoms with Crippen molar-refractivity contribution in [1.82, 2.24) is 9.88 Å². The summed E-state index contributed by atoms with van der Waals surface area (Å²) in [7, 11) is 4.11. The molecule has 2 aromatic carbocycles. The Bertz CT molecular complexity index is 1010. The van der Waals surface area contributed by atoms with Crippen LogP contribution in [0.15, 0.2) is 66.9 Å². The summed E-state index contributed by atoms with van der Waals surface area (Å²) in [5.41, 5.74) is 6.34. The third-order valence-electron chi connectivity index (χ3n) is 5.26. The highest BCUT2D eigenvalue weighted by atomic mass is 16.1. The SMILES string of the molecule is Cc1cc(-c2ccc(NC(=O)C(CC(C)C)c3cccc(CN(C)C)c3)cc2)ccn1. The van der Waals surface area contributed by atoms with Gasteiger partial charge in [0.05, 0.1) is 5.92 Å². The van der Waals surface area contributed by atoms with Gasteiger partial charge >= 0.3 is 0 Å². The van der Waals surface area contributed by atoms with Crippen molar-refractivity contribution in [3.05, 3.63) is 83.7 Å². The summed E-state index contributed by atoms with van der Waals surface area (Å²) in [6, 6.07) is 20.5. The first kappa shape index (κ1) is 22.7. The predicted octanol–water partition coefficient (Wildman–Crippen LogP) is 5.89. The Morgan fingerprint density at radius 2 is 1.74 bits per heavy atom. The quantitative estimate of drug-likeness (QED) is 0.499. The lowest BCUT2D eigenvalue weighted by atomic mass is 9.88. The van der Waals surface area contributed by atoms with Gasteiger partial charge in [0.15, 0.2) is 0 Å². The van der Waals surface area contributed by atoms with E-state index in [2.05, 4.69) is 73.5 Å². The van der Waals surface area contributed by atoms with Gasteiger partial charge in [0, 0.05) is 24.1 Å². The highest BCUT2D eigenvalue weighted by molar-refractivity contribution is 5.96. The van der Waals surface area contributed by atoms with E-state index in [1.807, 2.05) is 43.5 Å². The number of aromatic nitrogens is 1. The summed E-state index contributed by atoms with van der Waals surface area (Å²) in [4.78, 5) is 19.6. The van der Waals surface area contributed by atoms with Gasteiger partial charge in [-0.1, -0.05) is 50.2 Å². The van der Waals surface area contributed by atoms with Crippen molar-refractivity contribution in [3.63, 3.8) is 0 Å². The zero-order chi connectivity index (χ0) is 22.4. The molecule has 162 valence electrons. The third kappa shape index (κ3) is 6.50. The predicted molar refractivity (Wildman–Crippen MR) is 129 cm³/mol. The van der Waals surface area contributed by atoms with Crippen molar-refractivity contribution in [2.24, 2.45) is 5.92 Å². The fraction of sp³-hybridized carbons (Fsp3) is 0.333. The average Bonchev–Trinajstić information content (AvgIpc) is 2.72. The lowest BCUT2D eigenvalue weighted by Gasteiger charge is -2.20. The number of nitrogens with one attached hydrogen (secondary N) is 1. The van der Waals surface area contributed by atoms with Gasteiger partial charge < -0.3 is 10.2 Å². The lowest BCUT2D eigenvalue weighted by Crippen LogP contribution is -2.23. The van der Waals surface area contributed by atoms with Gasteiger partial charge in [-0.05, 0) is 79.9 Å². The molecule has 1 aromatic heterocycles. The van der Waals surface area contributed by atoms with Crippen molar-refractivity contribution < 1.29 is 4.79 Å². The molecule has 4 heteroatoms. The second kappa shape index (κ2) is 10.4. The molecule has 0 radical (unpaired) electrons. The molecule has 1 heterocycles. The number of pyridine rings is 1. The number of rotatable bonds is 8. The van der Waals surface area contributed by atoms with Crippen LogP contribution in [0.4, 0.5) is 5.69 Å². The maximum absolute atomic E-state index is 13.3. The Hall–Kier alpha value is -2.98. The van der Waals surface area contributed by atoms with Crippen molar-refractivity contribution >= 4 is 11.6 Å². The number of hydrogen-bond acceptors (Lipinski definition) is 3. The molecule has 0 saturated carbocycles. The first-order valence-corrected chi connectivity index (χ1v) is 10.9. The van der Waals surface area contributed by atoms with Crippen LogP contribution in [0.1, 0.15) is 43.0 Å². The minimum absolute atomic E-state index is 0.0446. The number of aryl methyl sites for hydroxylation is 1. The van der Waals surface area contributed by atoms with Crippen LogP contribution < -0.4 is 5.32 Å². The molecule has 4 nitrogen and oxygen atoms in total. The molecule has 0 aliphatic rings. The Morgan fingerprint density at radius 3 is 2.39 bits per heavy atom. The molecule has 1 atom stereocenters. The normalized spacial score (nSPS) is 12.2. The van der Waals surface area contributed by atoms with E-state index in [-0.39, 0.29) is 11.8 Å². The second-order valence-corrected chi connectivity index (χ2v) is 8.92. The van der Waals surface area contributed by atoms with Crippen LogP contribution in [0.2, 0.25) is 0 Å². The van der Waals surface area contributed by atoms with Crippen LogP contribution in [0.25, 0.3) is 11.1 Å². The summed E-state index contributed by atoms with van der Waals surface area (Å²) < 4.78 is 0. The third-order valence-corrected chi connectivity index (χ3v) is 5.26. The molecular formula is C27H33N3O. The zero-order valence-electron chi connectivity index (χ0n) is 19.2. The van der Waals surface area contributed by atoms with E-state index in [1.165, 1.54) is 5.56 Å². The van der Waals surface area contributed by atoms with E-state index in [9.17, 15) is 4.79 Å². The van der Waals surface area contributed by atoms with Gasteiger partial charge in [-0.25, -0.2) is 0 Å². The highest BCUT2D eigenvalue weighted by Crippen LogP contribution is 2.28. The first-order chi connectivity index (χ1) is 14.8. The standard InChI is InChI=1S/C27H33N3O/c1-19(2)15-26(24-8-6-7-21(17-24)18-30(4)5)27(31)29-25-11-9-22(10-12-25)23-13-14-28-20(3)16-23/h6-14,16-17,19,26H,15,18H2,1-5H3,(H,29,31).